The second kappa shape index (κ2) is 8.38. The van der Waals surface area contributed by atoms with Crippen LogP contribution in [-0.4, -0.2) is 19.3 Å². The van der Waals surface area contributed by atoms with E-state index >= 15 is 0 Å². The van der Waals surface area contributed by atoms with Gasteiger partial charge in [0.05, 0.1) is 23.2 Å². The highest BCUT2D eigenvalue weighted by molar-refractivity contribution is 7.89. The molecule has 30 heavy (non-hydrogen) atoms. The molecule has 0 aliphatic heterocycles. The summed E-state index contributed by atoms with van der Waals surface area (Å²) < 4.78 is 28.3. The van der Waals surface area contributed by atoms with Crippen LogP contribution in [0.4, 0.5) is 0 Å². The lowest BCUT2D eigenvalue weighted by Crippen LogP contribution is -2.27. The van der Waals surface area contributed by atoms with Crippen molar-refractivity contribution < 1.29 is 13.2 Å². The van der Waals surface area contributed by atoms with Crippen LogP contribution in [0.25, 0.3) is 0 Å². The van der Waals surface area contributed by atoms with Gasteiger partial charge in [-0.3, -0.25) is 9.78 Å². The molecule has 3 aromatic rings. The fraction of sp³-hybridized carbons (Fsp3) is 0.217. The van der Waals surface area contributed by atoms with Crippen LogP contribution in [0, 0.1) is 6.92 Å². The van der Waals surface area contributed by atoms with Gasteiger partial charge in [0.1, 0.15) is 0 Å². The number of carbonyl (C=O) groups is 1. The summed E-state index contributed by atoms with van der Waals surface area (Å²) in [5.74, 6) is -0.162. The molecule has 0 saturated carbocycles. The lowest BCUT2D eigenvalue weighted by molar-refractivity contribution is 0.0936. The molecule has 1 aliphatic carbocycles. The Balaban J connectivity index is 1.52. The maximum atomic E-state index is 12.8. The molecule has 4 rings (SSSR count). The summed E-state index contributed by atoms with van der Waals surface area (Å²) in [5, 5.41) is 3.03. The summed E-state index contributed by atoms with van der Waals surface area (Å²) >= 11 is 0. The molecule has 0 unspecified atom stereocenters. The molecule has 1 heterocycles. The van der Waals surface area contributed by atoms with E-state index in [2.05, 4.69) is 15.0 Å². The standard InChI is InChI=1S/C23H23N3O3S/c1-16-6-5-13-24-22(16)15-25-30(28,29)19-11-9-17-10-12-21(20(17)14-19)26-23(27)18-7-3-2-4-8-18/h2-9,11,13-14,21,25H,10,12,15H2,1H3,(H,26,27)/t21-/m1/s1. The van der Waals surface area contributed by atoms with Crippen molar-refractivity contribution in [2.75, 3.05) is 0 Å². The Morgan fingerprint density at radius 1 is 1.10 bits per heavy atom. The van der Waals surface area contributed by atoms with E-state index in [0.717, 1.165) is 29.5 Å². The molecule has 1 aromatic heterocycles. The number of sulfonamides is 1. The molecule has 1 atom stereocenters. The van der Waals surface area contributed by atoms with Crippen LogP contribution in [0.5, 0.6) is 0 Å². The van der Waals surface area contributed by atoms with Crippen LogP contribution in [-0.2, 0) is 23.0 Å². The number of aryl methyl sites for hydroxylation is 2. The van der Waals surface area contributed by atoms with E-state index in [-0.39, 0.29) is 23.4 Å². The zero-order chi connectivity index (χ0) is 21.1. The van der Waals surface area contributed by atoms with E-state index < -0.39 is 10.0 Å². The highest BCUT2D eigenvalue weighted by Crippen LogP contribution is 2.33. The third kappa shape index (κ3) is 4.27. The van der Waals surface area contributed by atoms with Crippen molar-refractivity contribution in [3.63, 3.8) is 0 Å². The Morgan fingerprint density at radius 2 is 1.90 bits per heavy atom. The minimum absolute atomic E-state index is 0.125. The number of carbonyl (C=O) groups excluding carboxylic acids is 1. The van der Waals surface area contributed by atoms with Gasteiger partial charge in [0, 0.05) is 11.8 Å². The van der Waals surface area contributed by atoms with Gasteiger partial charge in [-0.15, -0.1) is 0 Å². The number of hydrogen-bond donors (Lipinski definition) is 2. The largest absolute Gasteiger partial charge is 0.345 e. The van der Waals surface area contributed by atoms with E-state index in [1.807, 2.05) is 43.3 Å². The summed E-state index contributed by atoms with van der Waals surface area (Å²) in [4.78, 5) is 17.0. The molecule has 0 radical (unpaired) electrons. The number of benzene rings is 2. The molecule has 7 heteroatoms. The number of nitrogens with one attached hydrogen (secondary N) is 2. The molecule has 6 nitrogen and oxygen atoms in total. The number of aromatic nitrogens is 1. The van der Waals surface area contributed by atoms with Crippen LogP contribution in [0.2, 0.25) is 0 Å². The highest BCUT2D eigenvalue weighted by atomic mass is 32.2. The van der Waals surface area contributed by atoms with Crippen molar-refractivity contribution in [3.8, 4) is 0 Å². The average molecular weight is 422 g/mol. The number of fused-ring (bicyclic) bond motifs is 1. The van der Waals surface area contributed by atoms with Gasteiger partial charge in [-0.05, 0) is 66.8 Å². The van der Waals surface area contributed by atoms with Crippen molar-refractivity contribution >= 4 is 15.9 Å². The predicted octanol–water partition coefficient (Wildman–Crippen LogP) is 3.29. The van der Waals surface area contributed by atoms with E-state index in [4.69, 9.17) is 0 Å². The summed E-state index contributed by atoms with van der Waals surface area (Å²) in [6, 6.07) is 17.6. The van der Waals surface area contributed by atoms with Crippen molar-refractivity contribution in [3.05, 3.63) is 94.8 Å². The quantitative estimate of drug-likeness (QED) is 0.639. The molecule has 0 saturated heterocycles. The van der Waals surface area contributed by atoms with Gasteiger partial charge >= 0.3 is 0 Å². The lowest BCUT2D eigenvalue weighted by atomic mass is 10.1. The third-order valence-electron chi connectivity index (χ3n) is 5.39. The molecular weight excluding hydrogens is 398 g/mol. The zero-order valence-electron chi connectivity index (χ0n) is 16.6. The highest BCUT2D eigenvalue weighted by Gasteiger charge is 2.26. The van der Waals surface area contributed by atoms with Crippen LogP contribution < -0.4 is 10.0 Å². The van der Waals surface area contributed by atoms with Gasteiger partial charge in [0.15, 0.2) is 0 Å². The van der Waals surface area contributed by atoms with Crippen LogP contribution >= 0.6 is 0 Å². The second-order valence-corrected chi connectivity index (χ2v) is 9.15. The smallest absolute Gasteiger partial charge is 0.251 e. The zero-order valence-corrected chi connectivity index (χ0v) is 17.4. The molecular formula is C23H23N3O3S. The van der Waals surface area contributed by atoms with Gasteiger partial charge < -0.3 is 5.32 Å². The van der Waals surface area contributed by atoms with Crippen LogP contribution in [0.1, 0.15) is 45.2 Å². The van der Waals surface area contributed by atoms with Gasteiger partial charge in [-0.1, -0.05) is 30.3 Å². The van der Waals surface area contributed by atoms with Crippen LogP contribution in [0.3, 0.4) is 0 Å². The molecule has 2 aromatic carbocycles. The Morgan fingerprint density at radius 3 is 2.67 bits per heavy atom. The Kier molecular flexibility index (Phi) is 5.65. The molecule has 0 bridgehead atoms. The monoisotopic (exact) mass is 421 g/mol. The third-order valence-corrected chi connectivity index (χ3v) is 6.79. The van der Waals surface area contributed by atoms with E-state index in [1.165, 1.54) is 0 Å². The van der Waals surface area contributed by atoms with E-state index in [9.17, 15) is 13.2 Å². The molecule has 1 amide bonds. The fourth-order valence-corrected chi connectivity index (χ4v) is 4.70. The summed E-state index contributed by atoms with van der Waals surface area (Å²) in [7, 11) is -3.70. The lowest BCUT2D eigenvalue weighted by Gasteiger charge is -2.15. The van der Waals surface area contributed by atoms with E-state index in [0.29, 0.717) is 11.3 Å². The number of nitrogens with zero attached hydrogens (tertiary/aromatic N) is 1. The number of rotatable bonds is 6. The predicted molar refractivity (Wildman–Crippen MR) is 114 cm³/mol. The van der Waals surface area contributed by atoms with Gasteiger partial charge in [-0.25, -0.2) is 13.1 Å². The van der Waals surface area contributed by atoms with Crippen molar-refractivity contribution in [2.45, 2.75) is 37.2 Å². The van der Waals surface area contributed by atoms with Crippen LogP contribution in [0.15, 0.2) is 71.8 Å². The van der Waals surface area contributed by atoms with Crippen molar-refractivity contribution in [1.29, 1.82) is 0 Å². The minimum atomic E-state index is -3.70. The first kappa shape index (κ1) is 20.3. The van der Waals surface area contributed by atoms with Crippen molar-refractivity contribution in [2.24, 2.45) is 0 Å². The number of amides is 1. The first-order chi connectivity index (χ1) is 14.4. The van der Waals surface area contributed by atoms with Crippen molar-refractivity contribution in [1.82, 2.24) is 15.0 Å². The Hall–Kier alpha value is -3.03. The number of hydrogen-bond acceptors (Lipinski definition) is 4. The summed E-state index contributed by atoms with van der Waals surface area (Å²) in [5.41, 5.74) is 4.12. The topological polar surface area (TPSA) is 88.2 Å². The average Bonchev–Trinajstić information content (AvgIpc) is 3.16. The SMILES string of the molecule is Cc1cccnc1CNS(=O)(=O)c1ccc2c(c1)[C@H](NC(=O)c1ccccc1)CC2. The molecule has 0 spiro atoms. The van der Waals surface area contributed by atoms with Gasteiger partial charge in [0.2, 0.25) is 10.0 Å². The Bertz CT molecular complexity index is 1180. The minimum Gasteiger partial charge on any atom is -0.345 e. The first-order valence-electron chi connectivity index (χ1n) is 9.83. The Labute approximate surface area is 176 Å². The molecule has 154 valence electrons. The van der Waals surface area contributed by atoms with Gasteiger partial charge in [-0.2, -0.15) is 0 Å². The molecule has 0 fully saturated rings. The van der Waals surface area contributed by atoms with E-state index in [1.54, 1.807) is 30.5 Å². The fourth-order valence-electron chi connectivity index (χ4n) is 3.68. The molecule has 2 N–H and O–H groups in total. The summed E-state index contributed by atoms with van der Waals surface area (Å²) in [6.07, 6.45) is 3.19. The normalized spacial score (nSPS) is 15.6. The van der Waals surface area contributed by atoms with Gasteiger partial charge in [0.25, 0.3) is 5.91 Å². The summed E-state index contributed by atoms with van der Waals surface area (Å²) in [6.45, 7) is 2.02. The maximum Gasteiger partial charge on any atom is 0.251 e. The second-order valence-electron chi connectivity index (χ2n) is 7.38. The maximum absolute atomic E-state index is 12.8. The first-order valence-corrected chi connectivity index (χ1v) is 11.3. The number of pyridine rings is 1. The molecule has 1 aliphatic rings.